The SMILES string of the molecule is CCCn1cc(Oc2cccc(F)c2[C@H](C)O)cn1. The maximum atomic E-state index is 13.7. The Bertz CT molecular complexity index is 552. The first-order chi connectivity index (χ1) is 9.11. The van der Waals surface area contributed by atoms with Crippen LogP contribution in [0.15, 0.2) is 30.6 Å². The Hall–Kier alpha value is -1.88. The average Bonchev–Trinajstić information content (AvgIpc) is 2.76. The smallest absolute Gasteiger partial charge is 0.165 e. The molecule has 5 heteroatoms. The minimum atomic E-state index is -0.929. The lowest BCUT2D eigenvalue weighted by molar-refractivity contribution is 0.190. The summed E-state index contributed by atoms with van der Waals surface area (Å²) < 4.78 is 21.0. The molecular weight excluding hydrogens is 247 g/mol. The predicted molar refractivity (Wildman–Crippen MR) is 69.6 cm³/mol. The third kappa shape index (κ3) is 3.12. The van der Waals surface area contributed by atoms with Gasteiger partial charge in [-0.1, -0.05) is 13.0 Å². The number of aliphatic hydroxyl groups excluding tert-OH is 1. The van der Waals surface area contributed by atoms with Crippen molar-refractivity contribution in [3.05, 3.63) is 42.0 Å². The minimum absolute atomic E-state index is 0.158. The van der Waals surface area contributed by atoms with Crippen molar-refractivity contribution in [1.29, 1.82) is 0 Å². The highest BCUT2D eigenvalue weighted by molar-refractivity contribution is 5.39. The fourth-order valence-electron chi connectivity index (χ4n) is 1.89. The van der Waals surface area contributed by atoms with Gasteiger partial charge in [-0.3, -0.25) is 4.68 Å². The number of aromatic nitrogens is 2. The highest BCUT2D eigenvalue weighted by Gasteiger charge is 2.15. The van der Waals surface area contributed by atoms with Gasteiger partial charge in [-0.05, 0) is 25.5 Å². The number of hydrogen-bond acceptors (Lipinski definition) is 3. The predicted octanol–water partition coefficient (Wildman–Crippen LogP) is 3.28. The zero-order chi connectivity index (χ0) is 13.8. The van der Waals surface area contributed by atoms with E-state index in [2.05, 4.69) is 12.0 Å². The van der Waals surface area contributed by atoms with Gasteiger partial charge in [-0.25, -0.2) is 4.39 Å². The number of aryl methyl sites for hydroxylation is 1. The normalized spacial score (nSPS) is 12.4. The first-order valence-corrected chi connectivity index (χ1v) is 6.28. The average molecular weight is 264 g/mol. The van der Waals surface area contributed by atoms with Crippen LogP contribution >= 0.6 is 0 Å². The highest BCUT2D eigenvalue weighted by atomic mass is 19.1. The summed E-state index contributed by atoms with van der Waals surface area (Å²) >= 11 is 0. The quantitative estimate of drug-likeness (QED) is 0.901. The second kappa shape index (κ2) is 5.84. The largest absolute Gasteiger partial charge is 0.454 e. The summed E-state index contributed by atoms with van der Waals surface area (Å²) in [6, 6.07) is 4.48. The third-order valence-electron chi connectivity index (χ3n) is 2.72. The third-order valence-corrected chi connectivity index (χ3v) is 2.72. The molecule has 0 aliphatic heterocycles. The molecule has 2 aromatic rings. The first-order valence-electron chi connectivity index (χ1n) is 6.28. The molecule has 1 aromatic carbocycles. The summed E-state index contributed by atoms with van der Waals surface area (Å²) in [6.07, 6.45) is 3.37. The highest BCUT2D eigenvalue weighted by Crippen LogP contribution is 2.31. The number of hydrogen-bond donors (Lipinski definition) is 1. The van der Waals surface area contributed by atoms with E-state index in [-0.39, 0.29) is 5.56 Å². The van der Waals surface area contributed by atoms with E-state index in [9.17, 15) is 9.50 Å². The number of ether oxygens (including phenoxy) is 1. The van der Waals surface area contributed by atoms with Crippen molar-refractivity contribution in [1.82, 2.24) is 9.78 Å². The number of aliphatic hydroxyl groups is 1. The lowest BCUT2D eigenvalue weighted by atomic mass is 10.1. The summed E-state index contributed by atoms with van der Waals surface area (Å²) in [7, 11) is 0. The molecule has 19 heavy (non-hydrogen) atoms. The van der Waals surface area contributed by atoms with Crippen LogP contribution in [0.2, 0.25) is 0 Å². The van der Waals surface area contributed by atoms with Crippen molar-refractivity contribution in [3.63, 3.8) is 0 Å². The van der Waals surface area contributed by atoms with Gasteiger partial charge in [-0.2, -0.15) is 5.10 Å². The summed E-state index contributed by atoms with van der Waals surface area (Å²) in [6.45, 7) is 4.36. The van der Waals surface area contributed by atoms with Gasteiger partial charge in [0, 0.05) is 6.54 Å². The van der Waals surface area contributed by atoms with Crippen LogP contribution in [0, 0.1) is 5.82 Å². The molecule has 0 bridgehead atoms. The fourth-order valence-corrected chi connectivity index (χ4v) is 1.89. The summed E-state index contributed by atoms with van der Waals surface area (Å²) in [4.78, 5) is 0. The van der Waals surface area contributed by atoms with Crippen molar-refractivity contribution in [2.45, 2.75) is 32.9 Å². The number of halogens is 1. The van der Waals surface area contributed by atoms with Crippen LogP contribution in [0.5, 0.6) is 11.5 Å². The Morgan fingerprint density at radius 3 is 2.95 bits per heavy atom. The molecule has 1 N–H and O–H groups in total. The summed E-state index contributed by atoms with van der Waals surface area (Å²) in [5.41, 5.74) is 0.158. The summed E-state index contributed by atoms with van der Waals surface area (Å²) in [5.74, 6) is 0.362. The van der Waals surface area contributed by atoms with Crippen molar-refractivity contribution in [2.75, 3.05) is 0 Å². The molecule has 102 valence electrons. The van der Waals surface area contributed by atoms with E-state index >= 15 is 0 Å². The topological polar surface area (TPSA) is 47.3 Å². The van der Waals surface area contributed by atoms with Crippen LogP contribution in [-0.4, -0.2) is 14.9 Å². The molecule has 2 rings (SSSR count). The summed E-state index contributed by atoms with van der Waals surface area (Å²) in [5, 5.41) is 13.7. The Balaban J connectivity index is 2.25. The molecule has 0 radical (unpaired) electrons. The van der Waals surface area contributed by atoms with E-state index in [4.69, 9.17) is 4.74 Å². The van der Waals surface area contributed by atoms with Gasteiger partial charge in [-0.15, -0.1) is 0 Å². The second-order valence-electron chi connectivity index (χ2n) is 4.37. The molecule has 0 amide bonds. The monoisotopic (exact) mass is 264 g/mol. The molecule has 4 nitrogen and oxygen atoms in total. The van der Waals surface area contributed by atoms with Crippen LogP contribution in [0.4, 0.5) is 4.39 Å². The maximum Gasteiger partial charge on any atom is 0.165 e. The number of benzene rings is 1. The molecule has 0 saturated carbocycles. The molecule has 0 aliphatic carbocycles. The van der Waals surface area contributed by atoms with Gasteiger partial charge < -0.3 is 9.84 Å². The van der Waals surface area contributed by atoms with E-state index in [1.54, 1.807) is 29.2 Å². The molecule has 1 aromatic heterocycles. The Kier molecular flexibility index (Phi) is 4.16. The first kappa shape index (κ1) is 13.5. The van der Waals surface area contributed by atoms with Gasteiger partial charge in [0.1, 0.15) is 11.6 Å². The van der Waals surface area contributed by atoms with E-state index < -0.39 is 11.9 Å². The van der Waals surface area contributed by atoms with Gasteiger partial charge in [0.2, 0.25) is 0 Å². The van der Waals surface area contributed by atoms with Gasteiger partial charge in [0.15, 0.2) is 5.75 Å². The lowest BCUT2D eigenvalue weighted by Gasteiger charge is -2.12. The molecule has 1 heterocycles. The van der Waals surface area contributed by atoms with Crippen molar-refractivity contribution in [2.24, 2.45) is 0 Å². The van der Waals surface area contributed by atoms with Crippen LogP contribution in [-0.2, 0) is 6.54 Å². The molecule has 0 saturated heterocycles. The van der Waals surface area contributed by atoms with E-state index in [0.717, 1.165) is 13.0 Å². The van der Waals surface area contributed by atoms with Crippen LogP contribution in [0.1, 0.15) is 31.9 Å². The lowest BCUT2D eigenvalue weighted by Crippen LogP contribution is -1.99. The zero-order valence-electron chi connectivity index (χ0n) is 11.0. The molecule has 0 spiro atoms. The van der Waals surface area contributed by atoms with Gasteiger partial charge >= 0.3 is 0 Å². The molecule has 0 aliphatic rings. The second-order valence-corrected chi connectivity index (χ2v) is 4.37. The molecular formula is C14H17FN2O2. The minimum Gasteiger partial charge on any atom is -0.454 e. The zero-order valence-corrected chi connectivity index (χ0v) is 11.0. The van der Waals surface area contributed by atoms with E-state index in [1.807, 2.05) is 0 Å². The van der Waals surface area contributed by atoms with Crippen LogP contribution in [0.25, 0.3) is 0 Å². The molecule has 0 fully saturated rings. The van der Waals surface area contributed by atoms with Crippen molar-refractivity contribution >= 4 is 0 Å². The number of rotatable bonds is 5. The maximum absolute atomic E-state index is 13.7. The van der Waals surface area contributed by atoms with Crippen LogP contribution < -0.4 is 4.74 Å². The molecule has 1 atom stereocenters. The van der Waals surface area contributed by atoms with Crippen LogP contribution in [0.3, 0.4) is 0 Å². The van der Waals surface area contributed by atoms with Crippen molar-refractivity contribution in [3.8, 4) is 11.5 Å². The Labute approximate surface area is 111 Å². The van der Waals surface area contributed by atoms with Gasteiger partial charge in [0.25, 0.3) is 0 Å². The molecule has 0 unspecified atom stereocenters. The number of nitrogens with zero attached hydrogens (tertiary/aromatic N) is 2. The van der Waals surface area contributed by atoms with E-state index in [1.165, 1.54) is 13.0 Å². The van der Waals surface area contributed by atoms with Gasteiger partial charge in [0.05, 0.1) is 24.1 Å². The standard InChI is InChI=1S/C14H17FN2O2/c1-3-7-17-9-11(8-16-17)19-13-6-4-5-12(15)14(13)10(2)18/h4-6,8-10,18H,3,7H2,1-2H3/t10-/m0/s1. The Morgan fingerprint density at radius 2 is 2.26 bits per heavy atom. The fraction of sp³-hybridized carbons (Fsp3) is 0.357. The van der Waals surface area contributed by atoms with E-state index in [0.29, 0.717) is 11.5 Å². The van der Waals surface area contributed by atoms with Crippen molar-refractivity contribution < 1.29 is 14.2 Å². The Morgan fingerprint density at radius 1 is 1.47 bits per heavy atom.